The van der Waals surface area contributed by atoms with E-state index in [1.165, 1.54) is 16.4 Å². The van der Waals surface area contributed by atoms with Gasteiger partial charge in [0.15, 0.2) is 0 Å². The van der Waals surface area contributed by atoms with Gasteiger partial charge in [0.1, 0.15) is 5.82 Å². The van der Waals surface area contributed by atoms with E-state index in [-0.39, 0.29) is 17.3 Å². The lowest BCUT2D eigenvalue weighted by atomic mass is 10.0. The number of benzene rings is 2. The normalized spacial score (nSPS) is 22.5. The number of sulfonamides is 1. The lowest BCUT2D eigenvalue weighted by Gasteiger charge is -2.40. The van der Waals surface area contributed by atoms with Crippen LogP contribution in [0.25, 0.3) is 0 Å². The van der Waals surface area contributed by atoms with Crippen LogP contribution >= 0.6 is 0 Å². The first-order chi connectivity index (χ1) is 15.9. The molecule has 1 spiro atoms. The fourth-order valence-corrected chi connectivity index (χ4v) is 6.68. The summed E-state index contributed by atoms with van der Waals surface area (Å²) < 4.78 is 53.3. The van der Waals surface area contributed by atoms with Gasteiger partial charge in [-0.15, -0.1) is 0 Å². The van der Waals surface area contributed by atoms with Gasteiger partial charge in [-0.3, -0.25) is 4.90 Å². The first-order valence-electron chi connectivity index (χ1n) is 11.5. The molecule has 178 valence electrons. The Bertz CT molecular complexity index is 1100. The standard InChI is InChI=1S/C24H30FN3O4S/c1-19-3-8-23-22(17-19)24(31-15-16-32-24)18-28(33(23,29)30)10-2-9-26-11-13-27(14-12-26)21-6-4-20(25)5-7-21/h3-8,17H,2,9-16,18H2,1H3. The Morgan fingerprint density at radius 3 is 2.36 bits per heavy atom. The third-order valence-electron chi connectivity index (χ3n) is 6.75. The molecule has 0 saturated carbocycles. The molecule has 0 aliphatic carbocycles. The van der Waals surface area contributed by atoms with Gasteiger partial charge in [-0.2, -0.15) is 4.31 Å². The van der Waals surface area contributed by atoms with Crippen molar-refractivity contribution in [2.75, 3.05) is 63.9 Å². The van der Waals surface area contributed by atoms with Crippen LogP contribution in [-0.2, 0) is 25.3 Å². The molecule has 0 N–H and O–H groups in total. The minimum Gasteiger partial charge on any atom is -0.369 e. The zero-order chi connectivity index (χ0) is 23.1. The van der Waals surface area contributed by atoms with Gasteiger partial charge in [0.25, 0.3) is 0 Å². The third-order valence-corrected chi connectivity index (χ3v) is 8.65. The minimum atomic E-state index is -3.60. The van der Waals surface area contributed by atoms with Gasteiger partial charge in [-0.25, -0.2) is 12.8 Å². The number of rotatable bonds is 5. The summed E-state index contributed by atoms with van der Waals surface area (Å²) in [5, 5.41) is 0. The molecule has 2 aromatic carbocycles. The molecule has 0 unspecified atom stereocenters. The van der Waals surface area contributed by atoms with Crippen LogP contribution in [0.1, 0.15) is 17.5 Å². The van der Waals surface area contributed by atoms with E-state index < -0.39 is 15.8 Å². The third kappa shape index (κ3) is 4.40. The quantitative estimate of drug-likeness (QED) is 0.663. The molecule has 9 heteroatoms. The predicted molar refractivity (Wildman–Crippen MR) is 123 cm³/mol. The molecule has 3 aliphatic rings. The highest BCUT2D eigenvalue weighted by atomic mass is 32.2. The van der Waals surface area contributed by atoms with E-state index in [9.17, 15) is 12.8 Å². The lowest BCUT2D eigenvalue weighted by molar-refractivity contribution is -0.176. The Balaban J connectivity index is 1.21. The zero-order valence-electron chi connectivity index (χ0n) is 18.9. The molecule has 3 heterocycles. The van der Waals surface area contributed by atoms with E-state index in [4.69, 9.17) is 9.47 Å². The van der Waals surface area contributed by atoms with Gasteiger partial charge >= 0.3 is 0 Å². The van der Waals surface area contributed by atoms with Crippen molar-refractivity contribution in [1.29, 1.82) is 0 Å². The van der Waals surface area contributed by atoms with Crippen molar-refractivity contribution in [3.8, 4) is 0 Å². The highest BCUT2D eigenvalue weighted by Gasteiger charge is 2.50. The maximum Gasteiger partial charge on any atom is 0.243 e. The van der Waals surface area contributed by atoms with E-state index in [1.807, 2.05) is 31.2 Å². The first-order valence-corrected chi connectivity index (χ1v) is 12.9. The second kappa shape index (κ2) is 8.96. The second-order valence-electron chi connectivity index (χ2n) is 8.95. The van der Waals surface area contributed by atoms with Crippen molar-refractivity contribution in [1.82, 2.24) is 9.21 Å². The summed E-state index contributed by atoms with van der Waals surface area (Å²) in [5.41, 5.74) is 2.63. The highest BCUT2D eigenvalue weighted by Crippen LogP contribution is 2.42. The van der Waals surface area contributed by atoms with Gasteiger partial charge in [0, 0.05) is 44.0 Å². The molecule has 0 aromatic heterocycles. The Labute approximate surface area is 194 Å². The molecule has 2 saturated heterocycles. The monoisotopic (exact) mass is 475 g/mol. The Morgan fingerprint density at radius 1 is 0.970 bits per heavy atom. The van der Waals surface area contributed by atoms with Gasteiger partial charge < -0.3 is 14.4 Å². The van der Waals surface area contributed by atoms with Crippen LogP contribution in [0.4, 0.5) is 10.1 Å². The van der Waals surface area contributed by atoms with E-state index in [2.05, 4.69) is 9.80 Å². The summed E-state index contributed by atoms with van der Waals surface area (Å²) in [4.78, 5) is 4.89. The number of hydrogen-bond donors (Lipinski definition) is 0. The summed E-state index contributed by atoms with van der Waals surface area (Å²) >= 11 is 0. The maximum absolute atomic E-state index is 13.3. The van der Waals surface area contributed by atoms with Crippen LogP contribution < -0.4 is 4.90 Å². The van der Waals surface area contributed by atoms with Gasteiger partial charge in [-0.1, -0.05) is 11.6 Å². The van der Waals surface area contributed by atoms with Crippen LogP contribution in [-0.4, -0.2) is 76.6 Å². The van der Waals surface area contributed by atoms with E-state index in [1.54, 1.807) is 6.07 Å². The van der Waals surface area contributed by atoms with Crippen molar-refractivity contribution >= 4 is 15.7 Å². The molecule has 7 nitrogen and oxygen atoms in total. The van der Waals surface area contributed by atoms with Gasteiger partial charge in [-0.05, 0) is 56.3 Å². The Morgan fingerprint density at radius 2 is 1.67 bits per heavy atom. The molecule has 3 aliphatic heterocycles. The number of anilines is 1. The topological polar surface area (TPSA) is 62.3 Å². The van der Waals surface area contributed by atoms with Crippen molar-refractivity contribution in [3.05, 3.63) is 59.4 Å². The lowest BCUT2D eigenvalue weighted by Crippen LogP contribution is -2.51. The molecule has 2 fully saturated rings. The molecule has 2 aromatic rings. The second-order valence-corrected chi connectivity index (χ2v) is 10.9. The van der Waals surface area contributed by atoms with Crippen LogP contribution in [0.15, 0.2) is 47.4 Å². The number of fused-ring (bicyclic) bond motifs is 2. The average Bonchev–Trinajstić information content (AvgIpc) is 3.28. The van der Waals surface area contributed by atoms with Crippen LogP contribution in [0.2, 0.25) is 0 Å². The van der Waals surface area contributed by atoms with Crippen molar-refractivity contribution < 1.29 is 22.3 Å². The molecule has 0 bridgehead atoms. The largest absolute Gasteiger partial charge is 0.369 e. The summed E-state index contributed by atoms with van der Waals surface area (Å²) in [7, 11) is -3.60. The molecule has 0 radical (unpaired) electrons. The zero-order valence-corrected chi connectivity index (χ0v) is 19.7. The number of hydrogen-bond acceptors (Lipinski definition) is 6. The fourth-order valence-electron chi connectivity index (χ4n) is 4.96. The number of ether oxygens (including phenoxy) is 2. The number of nitrogens with zero attached hydrogens (tertiary/aromatic N) is 3. The molecule has 33 heavy (non-hydrogen) atoms. The van der Waals surface area contributed by atoms with E-state index in [0.29, 0.717) is 25.3 Å². The van der Waals surface area contributed by atoms with Crippen molar-refractivity contribution in [2.24, 2.45) is 0 Å². The summed E-state index contributed by atoms with van der Waals surface area (Å²) in [5.74, 6) is -1.23. The Kier molecular flexibility index (Phi) is 6.17. The number of halogens is 1. The molecular weight excluding hydrogens is 445 g/mol. The minimum absolute atomic E-state index is 0.185. The molecule has 5 rings (SSSR count). The summed E-state index contributed by atoms with van der Waals surface area (Å²) in [6, 6.07) is 12.0. The van der Waals surface area contributed by atoms with Gasteiger partial charge in [0.2, 0.25) is 15.8 Å². The van der Waals surface area contributed by atoms with Crippen LogP contribution in [0.5, 0.6) is 0 Å². The maximum atomic E-state index is 13.3. The molecule has 0 atom stereocenters. The fraction of sp³-hybridized carbons (Fsp3) is 0.500. The van der Waals surface area contributed by atoms with E-state index in [0.717, 1.165) is 50.4 Å². The Hall–Kier alpha value is -2.04. The van der Waals surface area contributed by atoms with Crippen LogP contribution in [0.3, 0.4) is 0 Å². The first kappa shape index (κ1) is 22.7. The number of piperazine rings is 1. The smallest absolute Gasteiger partial charge is 0.243 e. The highest BCUT2D eigenvalue weighted by molar-refractivity contribution is 7.89. The summed E-state index contributed by atoms with van der Waals surface area (Å²) in [6.07, 6.45) is 0.729. The summed E-state index contributed by atoms with van der Waals surface area (Å²) in [6.45, 7) is 7.79. The van der Waals surface area contributed by atoms with Crippen LogP contribution in [0, 0.1) is 12.7 Å². The predicted octanol–water partition coefficient (Wildman–Crippen LogP) is 2.55. The SMILES string of the molecule is Cc1ccc2c(c1)C1(CN(CCCN3CCN(c4ccc(F)cc4)CC3)S2(=O)=O)OCCO1. The van der Waals surface area contributed by atoms with E-state index >= 15 is 0 Å². The average molecular weight is 476 g/mol. The van der Waals surface area contributed by atoms with Gasteiger partial charge in [0.05, 0.1) is 24.7 Å². The molecular formula is C24H30FN3O4S. The van der Waals surface area contributed by atoms with Crippen molar-refractivity contribution in [2.45, 2.75) is 24.0 Å². The molecule has 0 amide bonds. The van der Waals surface area contributed by atoms with Crippen molar-refractivity contribution in [3.63, 3.8) is 0 Å². The number of aryl methyl sites for hydroxylation is 1.